The summed E-state index contributed by atoms with van der Waals surface area (Å²) in [4.78, 5) is -0.238. The highest BCUT2D eigenvalue weighted by molar-refractivity contribution is 7.89. The molecule has 0 spiro atoms. The van der Waals surface area contributed by atoms with Gasteiger partial charge in [0.05, 0.1) is 10.6 Å². The van der Waals surface area contributed by atoms with Crippen LogP contribution >= 0.6 is 0 Å². The van der Waals surface area contributed by atoms with Crippen molar-refractivity contribution in [2.24, 2.45) is 10.9 Å². The second-order valence-electron chi connectivity index (χ2n) is 4.01. The monoisotopic (exact) mass is 275 g/mol. The van der Waals surface area contributed by atoms with Gasteiger partial charge in [0.15, 0.2) is 0 Å². The number of benzene rings is 1. The molecule has 0 fully saturated rings. The Morgan fingerprint density at radius 3 is 2.56 bits per heavy atom. The highest BCUT2D eigenvalue weighted by Gasteiger charge is 2.13. The molecule has 1 rings (SSSR count). The van der Waals surface area contributed by atoms with Crippen molar-refractivity contribution in [2.45, 2.75) is 30.7 Å². The van der Waals surface area contributed by atoms with Gasteiger partial charge >= 0.3 is 0 Å². The second-order valence-corrected chi connectivity index (χ2v) is 5.57. The van der Waals surface area contributed by atoms with Crippen LogP contribution in [0.5, 0.6) is 0 Å². The Morgan fingerprint density at radius 2 is 2.11 bits per heavy atom. The number of halogens is 1. The summed E-state index contributed by atoms with van der Waals surface area (Å²) in [5.74, 6) is -0.642. The average molecular weight is 275 g/mol. The first-order valence-electron chi connectivity index (χ1n) is 5.67. The summed E-state index contributed by atoms with van der Waals surface area (Å²) in [5.41, 5.74) is 5.70. The van der Waals surface area contributed by atoms with Crippen LogP contribution in [0.15, 0.2) is 23.1 Å². The summed E-state index contributed by atoms with van der Waals surface area (Å²) in [6.45, 7) is 2.46. The van der Waals surface area contributed by atoms with E-state index in [1.54, 1.807) is 0 Å². The summed E-state index contributed by atoms with van der Waals surface area (Å²) >= 11 is 0. The molecular formula is C11H18FN3O2S. The van der Waals surface area contributed by atoms with Gasteiger partial charge in [-0.3, -0.25) is 0 Å². The molecular weight excluding hydrogens is 257 g/mol. The molecule has 0 amide bonds. The zero-order valence-corrected chi connectivity index (χ0v) is 11.0. The normalized spacial score (nSPS) is 13.3. The fourth-order valence-corrected chi connectivity index (χ4v) is 2.11. The van der Waals surface area contributed by atoms with Gasteiger partial charge in [-0.2, -0.15) is 0 Å². The van der Waals surface area contributed by atoms with Crippen molar-refractivity contribution in [3.63, 3.8) is 0 Å². The molecule has 0 radical (unpaired) electrons. The van der Waals surface area contributed by atoms with Crippen LogP contribution in [-0.4, -0.2) is 21.0 Å². The first kappa shape index (κ1) is 14.9. The molecule has 1 unspecified atom stereocenters. The van der Waals surface area contributed by atoms with Crippen molar-refractivity contribution in [1.82, 2.24) is 0 Å². The van der Waals surface area contributed by atoms with Crippen LogP contribution in [0.4, 0.5) is 10.1 Å². The quantitative estimate of drug-likeness (QED) is 0.721. The van der Waals surface area contributed by atoms with Crippen LogP contribution < -0.4 is 16.2 Å². The lowest BCUT2D eigenvalue weighted by molar-refractivity contribution is 0.590. The number of hydrogen-bond acceptors (Lipinski definition) is 4. The standard InChI is InChI=1S/C11H18FN3O2S/c1-2-8(5-6-13)15-11-4-3-9(7-10(11)12)18(14,16)17/h3-4,7-8,15H,2,5-6,13H2,1H3,(H2,14,16,17). The number of sulfonamides is 1. The Morgan fingerprint density at radius 1 is 1.44 bits per heavy atom. The van der Waals surface area contributed by atoms with E-state index < -0.39 is 15.8 Å². The Balaban J connectivity index is 2.92. The average Bonchev–Trinajstić information content (AvgIpc) is 2.29. The molecule has 5 nitrogen and oxygen atoms in total. The van der Waals surface area contributed by atoms with Crippen LogP contribution in [0.25, 0.3) is 0 Å². The van der Waals surface area contributed by atoms with E-state index >= 15 is 0 Å². The van der Waals surface area contributed by atoms with Gasteiger partial charge in [-0.05, 0) is 37.6 Å². The fourth-order valence-electron chi connectivity index (χ4n) is 1.59. The molecule has 18 heavy (non-hydrogen) atoms. The number of nitrogens with two attached hydrogens (primary N) is 2. The van der Waals surface area contributed by atoms with E-state index in [0.29, 0.717) is 13.0 Å². The first-order chi connectivity index (χ1) is 8.38. The molecule has 0 heterocycles. The van der Waals surface area contributed by atoms with E-state index in [-0.39, 0.29) is 16.6 Å². The zero-order valence-electron chi connectivity index (χ0n) is 10.2. The van der Waals surface area contributed by atoms with E-state index in [1.165, 1.54) is 12.1 Å². The predicted molar refractivity (Wildman–Crippen MR) is 69.1 cm³/mol. The molecule has 0 saturated carbocycles. The maximum absolute atomic E-state index is 13.7. The molecule has 5 N–H and O–H groups in total. The van der Waals surface area contributed by atoms with Gasteiger partial charge in [0.2, 0.25) is 10.0 Å². The minimum Gasteiger partial charge on any atom is -0.380 e. The summed E-state index contributed by atoms with van der Waals surface area (Å²) in [6, 6.07) is 3.61. The number of nitrogens with one attached hydrogen (secondary N) is 1. The third-order valence-corrected chi connectivity index (χ3v) is 3.55. The lowest BCUT2D eigenvalue weighted by atomic mass is 10.1. The molecule has 0 bridgehead atoms. The topological polar surface area (TPSA) is 98.2 Å². The molecule has 1 aromatic rings. The van der Waals surface area contributed by atoms with Gasteiger partial charge in [-0.15, -0.1) is 0 Å². The highest BCUT2D eigenvalue weighted by Crippen LogP contribution is 2.20. The molecule has 0 aliphatic rings. The minimum atomic E-state index is -3.87. The lowest BCUT2D eigenvalue weighted by Crippen LogP contribution is -2.23. The predicted octanol–water partition coefficient (Wildman–Crippen LogP) is 1.01. The van der Waals surface area contributed by atoms with Gasteiger partial charge in [0.1, 0.15) is 5.82 Å². The van der Waals surface area contributed by atoms with Crippen LogP contribution in [0.3, 0.4) is 0 Å². The van der Waals surface area contributed by atoms with E-state index in [9.17, 15) is 12.8 Å². The van der Waals surface area contributed by atoms with Crippen molar-refractivity contribution in [1.29, 1.82) is 0 Å². The first-order valence-corrected chi connectivity index (χ1v) is 7.22. The van der Waals surface area contributed by atoms with Crippen LogP contribution in [-0.2, 0) is 10.0 Å². The van der Waals surface area contributed by atoms with Gasteiger partial charge < -0.3 is 11.1 Å². The second kappa shape index (κ2) is 6.12. The smallest absolute Gasteiger partial charge is 0.238 e. The van der Waals surface area contributed by atoms with Crippen molar-refractivity contribution >= 4 is 15.7 Å². The highest BCUT2D eigenvalue weighted by atomic mass is 32.2. The van der Waals surface area contributed by atoms with E-state index in [4.69, 9.17) is 10.9 Å². The maximum Gasteiger partial charge on any atom is 0.238 e. The molecule has 1 atom stereocenters. The number of anilines is 1. The summed E-state index contributed by atoms with van der Waals surface area (Å²) in [5, 5.41) is 7.91. The van der Waals surface area contributed by atoms with E-state index in [1.807, 2.05) is 6.92 Å². The number of primary sulfonamides is 1. The molecule has 0 aliphatic heterocycles. The number of rotatable bonds is 6. The van der Waals surface area contributed by atoms with Gasteiger partial charge in [0.25, 0.3) is 0 Å². The molecule has 1 aromatic carbocycles. The lowest BCUT2D eigenvalue weighted by Gasteiger charge is -2.18. The van der Waals surface area contributed by atoms with Gasteiger partial charge in [0, 0.05) is 6.04 Å². The minimum absolute atomic E-state index is 0.0600. The Bertz CT molecular complexity index is 505. The van der Waals surface area contributed by atoms with Crippen molar-refractivity contribution < 1.29 is 12.8 Å². The SMILES string of the molecule is CCC(CCN)Nc1ccc(S(N)(=O)=O)cc1F. The van der Waals surface area contributed by atoms with Crippen LogP contribution in [0.2, 0.25) is 0 Å². The molecule has 0 aromatic heterocycles. The summed E-state index contributed by atoms with van der Waals surface area (Å²) in [6.07, 6.45) is 1.51. The van der Waals surface area contributed by atoms with Gasteiger partial charge in [-0.1, -0.05) is 6.92 Å². The largest absolute Gasteiger partial charge is 0.380 e. The van der Waals surface area contributed by atoms with Crippen molar-refractivity contribution in [2.75, 3.05) is 11.9 Å². The summed E-state index contributed by atoms with van der Waals surface area (Å²) in [7, 11) is -3.87. The molecule has 102 valence electrons. The van der Waals surface area contributed by atoms with Crippen LogP contribution in [0.1, 0.15) is 19.8 Å². The molecule has 7 heteroatoms. The molecule has 0 saturated heterocycles. The van der Waals surface area contributed by atoms with Crippen molar-refractivity contribution in [3.8, 4) is 0 Å². The van der Waals surface area contributed by atoms with Crippen LogP contribution in [0, 0.1) is 5.82 Å². The fraction of sp³-hybridized carbons (Fsp3) is 0.455. The van der Waals surface area contributed by atoms with E-state index in [0.717, 1.165) is 12.5 Å². The third-order valence-electron chi connectivity index (χ3n) is 2.64. The van der Waals surface area contributed by atoms with Crippen molar-refractivity contribution in [3.05, 3.63) is 24.0 Å². The van der Waals surface area contributed by atoms with E-state index in [2.05, 4.69) is 5.32 Å². The Labute approximate surface area is 106 Å². The maximum atomic E-state index is 13.7. The third kappa shape index (κ3) is 3.94. The molecule has 0 aliphatic carbocycles. The Kier molecular flexibility index (Phi) is 5.06. The Hall–Kier alpha value is -1.18. The van der Waals surface area contributed by atoms with Gasteiger partial charge in [-0.25, -0.2) is 17.9 Å². The zero-order chi connectivity index (χ0) is 13.8. The number of hydrogen-bond donors (Lipinski definition) is 3. The summed E-state index contributed by atoms with van der Waals surface area (Å²) < 4.78 is 35.8.